The summed E-state index contributed by atoms with van der Waals surface area (Å²) in [6.45, 7) is 0.567. The van der Waals surface area contributed by atoms with Gasteiger partial charge in [-0.1, -0.05) is 12.1 Å². The van der Waals surface area contributed by atoms with E-state index in [1.165, 1.54) is 0 Å². The van der Waals surface area contributed by atoms with E-state index in [2.05, 4.69) is 5.32 Å². The minimum absolute atomic E-state index is 0.213. The Morgan fingerprint density at radius 3 is 2.56 bits per heavy atom. The summed E-state index contributed by atoms with van der Waals surface area (Å²) in [5.74, 6) is 0.323. The molecule has 18 heavy (non-hydrogen) atoms. The maximum atomic E-state index is 11.3. The second-order valence-corrected chi connectivity index (χ2v) is 4.53. The Balaban J connectivity index is 2.08. The van der Waals surface area contributed by atoms with Gasteiger partial charge in [0.15, 0.2) is 0 Å². The van der Waals surface area contributed by atoms with E-state index < -0.39 is 0 Å². The van der Waals surface area contributed by atoms with Gasteiger partial charge in [0.1, 0.15) is 12.4 Å². The van der Waals surface area contributed by atoms with Crippen molar-refractivity contribution in [1.29, 1.82) is 0 Å². The number of benzene rings is 1. The van der Waals surface area contributed by atoms with Gasteiger partial charge >= 0.3 is 0 Å². The van der Waals surface area contributed by atoms with Crippen LogP contribution in [-0.4, -0.2) is 24.3 Å². The molecule has 0 spiro atoms. The Kier molecular flexibility index (Phi) is 4.01. The van der Waals surface area contributed by atoms with Crippen LogP contribution in [0.2, 0.25) is 0 Å². The molecular formula is C12H11N2O3S. The normalized spacial score (nSPS) is 17.1. The number of rotatable bonds is 4. The molecule has 0 bridgehead atoms. The minimum atomic E-state index is -0.362. The van der Waals surface area contributed by atoms with Gasteiger partial charge in [0.05, 0.1) is 4.91 Å². The van der Waals surface area contributed by atoms with Gasteiger partial charge in [0, 0.05) is 6.54 Å². The lowest BCUT2D eigenvalue weighted by Crippen LogP contribution is -2.17. The number of amides is 2. The highest BCUT2D eigenvalue weighted by Crippen LogP contribution is 2.26. The van der Waals surface area contributed by atoms with Crippen LogP contribution in [0.15, 0.2) is 29.2 Å². The van der Waals surface area contributed by atoms with Crippen LogP contribution in [0.4, 0.5) is 4.79 Å². The van der Waals surface area contributed by atoms with Crippen LogP contribution >= 0.6 is 11.8 Å². The van der Waals surface area contributed by atoms with Crippen molar-refractivity contribution in [3.05, 3.63) is 34.7 Å². The molecule has 0 atom stereocenters. The molecule has 1 aliphatic rings. The van der Waals surface area contributed by atoms with Gasteiger partial charge in [-0.05, 0) is 35.5 Å². The van der Waals surface area contributed by atoms with E-state index in [1.54, 1.807) is 30.3 Å². The van der Waals surface area contributed by atoms with E-state index >= 15 is 0 Å². The number of carbonyl (C=O) groups excluding carboxylic acids is 2. The highest BCUT2D eigenvalue weighted by Gasteiger charge is 2.24. The fraction of sp³-hybridized carbons (Fsp3) is 0.167. The number of hydrogen-bond acceptors (Lipinski definition) is 4. The predicted molar refractivity (Wildman–Crippen MR) is 69.0 cm³/mol. The van der Waals surface area contributed by atoms with Crippen LogP contribution in [0.1, 0.15) is 5.56 Å². The fourth-order valence-corrected chi connectivity index (χ4v) is 2.08. The summed E-state index contributed by atoms with van der Waals surface area (Å²) in [7, 11) is 0. The zero-order valence-corrected chi connectivity index (χ0v) is 10.3. The topological polar surface area (TPSA) is 79.2 Å². The zero-order chi connectivity index (χ0) is 13.0. The number of thioether (sulfide) groups is 1. The molecule has 1 heterocycles. The van der Waals surface area contributed by atoms with Gasteiger partial charge in [-0.15, -0.1) is 0 Å². The summed E-state index contributed by atoms with van der Waals surface area (Å²) in [6.07, 6.45) is 1.65. The second kappa shape index (κ2) is 5.70. The Morgan fingerprint density at radius 2 is 2.00 bits per heavy atom. The first-order chi connectivity index (χ1) is 8.69. The average Bonchev–Trinajstić information content (AvgIpc) is 2.67. The third-order valence-electron chi connectivity index (χ3n) is 2.19. The number of nitrogens with one attached hydrogen (secondary N) is 2. The van der Waals surface area contributed by atoms with Crippen molar-refractivity contribution >= 4 is 29.0 Å². The Bertz CT molecular complexity index is 497. The van der Waals surface area contributed by atoms with Crippen LogP contribution in [0.25, 0.3) is 6.08 Å². The van der Waals surface area contributed by atoms with Crippen LogP contribution in [0, 0.1) is 0 Å². The Morgan fingerprint density at radius 1 is 1.28 bits per heavy atom. The predicted octanol–water partition coefficient (Wildman–Crippen LogP) is 1.67. The molecule has 2 rings (SSSR count). The maximum absolute atomic E-state index is 11.3. The second-order valence-electron chi connectivity index (χ2n) is 3.52. The number of imide groups is 1. The van der Waals surface area contributed by atoms with E-state index in [0.717, 1.165) is 17.3 Å². The van der Waals surface area contributed by atoms with Crippen molar-refractivity contribution in [2.24, 2.45) is 0 Å². The van der Waals surface area contributed by atoms with E-state index in [9.17, 15) is 9.59 Å². The van der Waals surface area contributed by atoms with Crippen molar-refractivity contribution in [1.82, 2.24) is 11.1 Å². The SMILES string of the molecule is [NH]CCOc1ccc(C=C2SC(=O)NC2=O)cc1. The molecule has 5 nitrogen and oxygen atoms in total. The molecule has 1 radical (unpaired) electrons. The van der Waals surface area contributed by atoms with Crippen molar-refractivity contribution in [3.8, 4) is 5.75 Å². The molecule has 2 N–H and O–H groups in total. The molecule has 0 saturated carbocycles. The summed E-state index contributed by atoms with van der Waals surface area (Å²) in [4.78, 5) is 22.7. The van der Waals surface area contributed by atoms with Crippen molar-refractivity contribution in [2.45, 2.75) is 0 Å². The first-order valence-corrected chi connectivity index (χ1v) is 6.13. The summed E-state index contributed by atoms with van der Waals surface area (Å²) in [5.41, 5.74) is 7.79. The average molecular weight is 263 g/mol. The van der Waals surface area contributed by atoms with Gasteiger partial charge < -0.3 is 4.74 Å². The number of hydrogen-bond donors (Lipinski definition) is 1. The number of ether oxygens (including phenoxy) is 1. The molecule has 2 amide bonds. The van der Waals surface area contributed by atoms with Crippen molar-refractivity contribution in [3.63, 3.8) is 0 Å². The maximum Gasteiger partial charge on any atom is 0.290 e. The molecule has 1 aromatic rings. The van der Waals surface area contributed by atoms with Gasteiger partial charge in [-0.3, -0.25) is 20.6 Å². The Hall–Kier alpha value is -1.79. The molecule has 0 aromatic heterocycles. The van der Waals surface area contributed by atoms with E-state index in [4.69, 9.17) is 10.5 Å². The first kappa shape index (κ1) is 12.7. The quantitative estimate of drug-likeness (QED) is 0.838. The minimum Gasteiger partial charge on any atom is -0.492 e. The van der Waals surface area contributed by atoms with Gasteiger partial charge in [-0.25, -0.2) is 0 Å². The summed E-state index contributed by atoms with van der Waals surface area (Å²) in [6, 6.07) is 7.12. The van der Waals surface area contributed by atoms with Crippen molar-refractivity contribution < 1.29 is 14.3 Å². The summed E-state index contributed by atoms with van der Waals surface area (Å²) >= 11 is 0.892. The zero-order valence-electron chi connectivity index (χ0n) is 9.43. The highest BCUT2D eigenvalue weighted by molar-refractivity contribution is 8.18. The van der Waals surface area contributed by atoms with Gasteiger partial charge in [0.25, 0.3) is 11.1 Å². The lowest BCUT2D eigenvalue weighted by Gasteiger charge is -2.03. The van der Waals surface area contributed by atoms with Crippen LogP contribution in [0.3, 0.4) is 0 Å². The van der Waals surface area contributed by atoms with Crippen LogP contribution in [-0.2, 0) is 4.79 Å². The molecular weight excluding hydrogens is 252 g/mol. The van der Waals surface area contributed by atoms with E-state index in [0.29, 0.717) is 17.3 Å². The lowest BCUT2D eigenvalue weighted by atomic mass is 10.2. The molecule has 6 heteroatoms. The largest absolute Gasteiger partial charge is 0.492 e. The van der Waals surface area contributed by atoms with Crippen molar-refractivity contribution in [2.75, 3.05) is 13.2 Å². The molecule has 93 valence electrons. The standard InChI is InChI=1S/C12H11N2O3S/c13-5-6-17-9-3-1-8(2-4-9)7-10-11(15)14-12(16)18-10/h1-4,7,13H,5-6H2,(H,14,15,16). The van der Waals surface area contributed by atoms with E-state index in [-0.39, 0.29) is 17.7 Å². The van der Waals surface area contributed by atoms with E-state index in [1.807, 2.05) is 0 Å². The smallest absolute Gasteiger partial charge is 0.290 e. The van der Waals surface area contributed by atoms with Crippen LogP contribution < -0.4 is 15.8 Å². The highest BCUT2D eigenvalue weighted by atomic mass is 32.2. The molecule has 1 aliphatic heterocycles. The monoisotopic (exact) mass is 263 g/mol. The summed E-state index contributed by atoms with van der Waals surface area (Å²) in [5, 5.41) is 1.85. The molecule has 1 fully saturated rings. The van der Waals surface area contributed by atoms with Gasteiger partial charge in [-0.2, -0.15) is 0 Å². The Labute approximate surface area is 108 Å². The summed E-state index contributed by atoms with van der Waals surface area (Å²) < 4.78 is 5.27. The molecule has 1 saturated heterocycles. The molecule has 1 aromatic carbocycles. The van der Waals surface area contributed by atoms with Gasteiger partial charge in [0.2, 0.25) is 0 Å². The third kappa shape index (κ3) is 3.12. The fourth-order valence-electron chi connectivity index (χ4n) is 1.40. The first-order valence-electron chi connectivity index (χ1n) is 5.31. The third-order valence-corrected chi connectivity index (χ3v) is 3.00. The lowest BCUT2D eigenvalue weighted by molar-refractivity contribution is -0.115. The molecule has 0 unspecified atom stereocenters. The van der Waals surface area contributed by atoms with Crippen LogP contribution in [0.5, 0.6) is 5.75 Å². The number of carbonyl (C=O) groups is 2. The molecule has 0 aliphatic carbocycles.